The molecule has 1 N–H and O–H groups in total. The average Bonchev–Trinajstić information content (AvgIpc) is 2.71. The first-order valence-electron chi connectivity index (χ1n) is 9.50. The lowest BCUT2D eigenvalue weighted by molar-refractivity contribution is -0.118. The molecule has 0 aliphatic rings. The van der Waals surface area contributed by atoms with Gasteiger partial charge < -0.3 is 5.32 Å². The Kier molecular flexibility index (Phi) is 6.52. The van der Waals surface area contributed by atoms with Crippen molar-refractivity contribution in [1.29, 1.82) is 0 Å². The molecule has 3 rings (SSSR count). The molecule has 0 fully saturated rings. The van der Waals surface area contributed by atoms with E-state index in [2.05, 4.69) is 26.1 Å². The molecule has 1 heterocycles. The predicted octanol–water partition coefficient (Wildman–Crippen LogP) is 3.81. The van der Waals surface area contributed by atoms with Gasteiger partial charge in [-0.25, -0.2) is 4.98 Å². The molecular weight excluding hydrogens is 370 g/mol. The number of aromatic nitrogens is 2. The Morgan fingerprint density at radius 3 is 2.61 bits per heavy atom. The summed E-state index contributed by atoms with van der Waals surface area (Å²) in [5.41, 5.74) is 2.41. The summed E-state index contributed by atoms with van der Waals surface area (Å²) in [4.78, 5) is 30.2. The number of thioether (sulfide) groups is 1. The Bertz CT molecular complexity index is 1040. The van der Waals surface area contributed by atoms with Gasteiger partial charge in [-0.15, -0.1) is 0 Å². The number of carbonyl (C=O) groups excluding carboxylic acids is 1. The van der Waals surface area contributed by atoms with Crippen LogP contribution in [0.25, 0.3) is 16.6 Å². The highest BCUT2D eigenvalue weighted by molar-refractivity contribution is 7.99. The van der Waals surface area contributed by atoms with Crippen molar-refractivity contribution in [1.82, 2.24) is 14.9 Å². The average molecular weight is 396 g/mol. The number of rotatable bonds is 7. The molecule has 0 aliphatic heterocycles. The number of aryl methyl sites for hydroxylation is 1. The molecule has 0 saturated heterocycles. The van der Waals surface area contributed by atoms with Gasteiger partial charge in [-0.1, -0.05) is 62.9 Å². The van der Waals surface area contributed by atoms with Crippen LogP contribution in [0.1, 0.15) is 26.3 Å². The van der Waals surface area contributed by atoms with Gasteiger partial charge in [0.05, 0.1) is 22.3 Å². The Balaban J connectivity index is 2.05. The Hall–Kier alpha value is -2.60. The van der Waals surface area contributed by atoms with E-state index in [-0.39, 0.29) is 17.2 Å². The molecule has 146 valence electrons. The lowest BCUT2D eigenvalue weighted by Crippen LogP contribution is -2.29. The van der Waals surface area contributed by atoms with Gasteiger partial charge in [-0.05, 0) is 36.1 Å². The minimum Gasteiger partial charge on any atom is -0.355 e. The zero-order valence-corrected chi connectivity index (χ0v) is 17.3. The molecule has 28 heavy (non-hydrogen) atoms. The maximum atomic E-state index is 13.3. The highest BCUT2D eigenvalue weighted by Gasteiger charge is 2.16. The molecule has 0 saturated carbocycles. The Morgan fingerprint density at radius 2 is 1.86 bits per heavy atom. The molecule has 0 radical (unpaired) electrons. The van der Waals surface area contributed by atoms with Gasteiger partial charge in [-0.3, -0.25) is 14.2 Å². The van der Waals surface area contributed by atoms with Crippen molar-refractivity contribution < 1.29 is 4.79 Å². The molecule has 0 spiro atoms. The fourth-order valence-corrected chi connectivity index (χ4v) is 3.78. The van der Waals surface area contributed by atoms with Crippen LogP contribution in [0.3, 0.4) is 0 Å². The second-order valence-electron chi connectivity index (χ2n) is 7.02. The molecule has 2 aromatic carbocycles. The van der Waals surface area contributed by atoms with Crippen LogP contribution in [-0.4, -0.2) is 27.8 Å². The number of carbonyl (C=O) groups is 1. The summed E-state index contributed by atoms with van der Waals surface area (Å²) < 4.78 is 1.64. The van der Waals surface area contributed by atoms with E-state index in [1.165, 1.54) is 11.8 Å². The second-order valence-corrected chi connectivity index (χ2v) is 7.96. The van der Waals surface area contributed by atoms with Crippen LogP contribution < -0.4 is 10.9 Å². The van der Waals surface area contributed by atoms with Crippen LogP contribution >= 0.6 is 11.8 Å². The summed E-state index contributed by atoms with van der Waals surface area (Å²) >= 11 is 1.29. The first kappa shape index (κ1) is 20.1. The van der Waals surface area contributed by atoms with Crippen LogP contribution in [0.15, 0.2) is 58.5 Å². The summed E-state index contributed by atoms with van der Waals surface area (Å²) in [6, 6.07) is 15.2. The number of nitrogens with one attached hydrogen (secondary N) is 1. The molecule has 6 heteroatoms. The van der Waals surface area contributed by atoms with E-state index >= 15 is 0 Å². The molecule has 3 aromatic rings. The van der Waals surface area contributed by atoms with Crippen LogP contribution in [-0.2, 0) is 11.2 Å². The number of benzene rings is 2. The van der Waals surface area contributed by atoms with Crippen LogP contribution in [0.4, 0.5) is 0 Å². The van der Waals surface area contributed by atoms with Crippen molar-refractivity contribution in [3.05, 3.63) is 64.4 Å². The monoisotopic (exact) mass is 395 g/mol. The maximum absolute atomic E-state index is 13.3. The number of hydrogen-bond donors (Lipinski definition) is 1. The normalized spacial score (nSPS) is 11.1. The molecule has 0 aliphatic carbocycles. The maximum Gasteiger partial charge on any atom is 0.266 e. The number of para-hydroxylation sites is 2. The Labute approximate surface area is 169 Å². The fraction of sp³-hybridized carbons (Fsp3) is 0.318. The van der Waals surface area contributed by atoms with Gasteiger partial charge >= 0.3 is 0 Å². The van der Waals surface area contributed by atoms with Gasteiger partial charge in [-0.2, -0.15) is 0 Å². The largest absolute Gasteiger partial charge is 0.355 e. The fourth-order valence-electron chi connectivity index (χ4n) is 2.95. The SMILES string of the molecule is CCc1ccccc1-n1c(SCC(=O)NCC(C)C)nc2ccccc2c1=O. The third-order valence-corrected chi connectivity index (χ3v) is 5.34. The summed E-state index contributed by atoms with van der Waals surface area (Å²) in [5, 5.41) is 4.01. The minimum absolute atomic E-state index is 0.0589. The highest BCUT2D eigenvalue weighted by Crippen LogP contribution is 2.23. The summed E-state index contributed by atoms with van der Waals surface area (Å²) in [5.74, 6) is 0.546. The van der Waals surface area contributed by atoms with Crippen LogP contribution in [0.2, 0.25) is 0 Å². The van der Waals surface area contributed by atoms with E-state index < -0.39 is 0 Å². The number of fused-ring (bicyclic) bond motifs is 1. The van der Waals surface area contributed by atoms with Gasteiger partial charge in [0, 0.05) is 6.54 Å². The van der Waals surface area contributed by atoms with E-state index in [0.717, 1.165) is 17.7 Å². The molecule has 0 unspecified atom stereocenters. The molecule has 1 aromatic heterocycles. The first-order valence-corrected chi connectivity index (χ1v) is 10.5. The zero-order chi connectivity index (χ0) is 20.1. The summed E-state index contributed by atoms with van der Waals surface area (Å²) in [6.07, 6.45) is 0.800. The zero-order valence-electron chi connectivity index (χ0n) is 16.4. The lowest BCUT2D eigenvalue weighted by Gasteiger charge is -2.16. The van der Waals surface area contributed by atoms with E-state index in [4.69, 9.17) is 4.98 Å². The topological polar surface area (TPSA) is 64.0 Å². The van der Waals surface area contributed by atoms with Crippen molar-refractivity contribution in [2.45, 2.75) is 32.3 Å². The van der Waals surface area contributed by atoms with E-state index in [1.54, 1.807) is 10.6 Å². The second kappa shape index (κ2) is 9.06. The Morgan fingerprint density at radius 1 is 1.14 bits per heavy atom. The van der Waals surface area contributed by atoms with Crippen molar-refractivity contribution in [2.24, 2.45) is 5.92 Å². The number of amides is 1. The van der Waals surface area contributed by atoms with Crippen molar-refractivity contribution in [2.75, 3.05) is 12.3 Å². The molecule has 0 atom stereocenters. The standard InChI is InChI=1S/C22H25N3O2S/c1-4-16-9-5-8-12-19(16)25-21(27)17-10-6-7-11-18(17)24-22(25)28-14-20(26)23-13-15(2)3/h5-12,15H,4,13-14H2,1-3H3,(H,23,26). The lowest BCUT2D eigenvalue weighted by atomic mass is 10.1. The number of nitrogens with zero attached hydrogens (tertiary/aromatic N) is 2. The van der Waals surface area contributed by atoms with Gasteiger partial charge in [0.25, 0.3) is 5.56 Å². The van der Waals surface area contributed by atoms with Crippen LogP contribution in [0.5, 0.6) is 0 Å². The third kappa shape index (κ3) is 4.44. The van der Waals surface area contributed by atoms with Gasteiger partial charge in [0.1, 0.15) is 0 Å². The number of hydrogen-bond acceptors (Lipinski definition) is 4. The molecular formula is C22H25N3O2S. The molecule has 0 bridgehead atoms. The molecule has 1 amide bonds. The predicted molar refractivity (Wildman–Crippen MR) is 115 cm³/mol. The van der Waals surface area contributed by atoms with Crippen molar-refractivity contribution >= 4 is 28.6 Å². The first-order chi connectivity index (χ1) is 13.5. The highest BCUT2D eigenvalue weighted by atomic mass is 32.2. The van der Waals surface area contributed by atoms with E-state index in [9.17, 15) is 9.59 Å². The molecule has 5 nitrogen and oxygen atoms in total. The van der Waals surface area contributed by atoms with Crippen LogP contribution in [0, 0.1) is 5.92 Å². The van der Waals surface area contributed by atoms with Crippen molar-refractivity contribution in [3.63, 3.8) is 0 Å². The smallest absolute Gasteiger partial charge is 0.266 e. The van der Waals surface area contributed by atoms with E-state index in [0.29, 0.717) is 28.5 Å². The van der Waals surface area contributed by atoms with Gasteiger partial charge in [0.2, 0.25) is 5.91 Å². The van der Waals surface area contributed by atoms with E-state index in [1.807, 2.05) is 42.5 Å². The summed E-state index contributed by atoms with van der Waals surface area (Å²) in [6.45, 7) is 6.80. The minimum atomic E-state index is -0.114. The van der Waals surface area contributed by atoms with Gasteiger partial charge in [0.15, 0.2) is 5.16 Å². The quantitative estimate of drug-likeness (QED) is 0.488. The van der Waals surface area contributed by atoms with Crippen molar-refractivity contribution in [3.8, 4) is 5.69 Å². The summed E-state index contributed by atoms with van der Waals surface area (Å²) in [7, 11) is 0. The third-order valence-electron chi connectivity index (χ3n) is 4.40.